The number of aliphatic carboxylic acids is 1. The third-order valence-corrected chi connectivity index (χ3v) is 1.80. The molecular weight excluding hydrogens is 210 g/mol. The molecule has 1 rings (SSSR count). The molecule has 0 aromatic carbocycles. The summed E-state index contributed by atoms with van der Waals surface area (Å²) in [5, 5.41) is 10.9. The molecular formula is C10H13N3O3. The summed E-state index contributed by atoms with van der Waals surface area (Å²) in [4.78, 5) is 29.6. The predicted octanol–water partition coefficient (Wildman–Crippen LogP) is 0.897. The highest BCUT2D eigenvalue weighted by molar-refractivity contribution is 5.90. The van der Waals surface area contributed by atoms with Crippen molar-refractivity contribution in [2.75, 3.05) is 5.32 Å². The first-order valence-corrected chi connectivity index (χ1v) is 4.81. The second-order valence-electron chi connectivity index (χ2n) is 3.42. The van der Waals surface area contributed by atoms with E-state index in [1.54, 1.807) is 19.9 Å². The Morgan fingerprint density at radius 3 is 2.31 bits per heavy atom. The largest absolute Gasteiger partial charge is 0.481 e. The molecule has 0 aliphatic heterocycles. The smallest absolute Gasteiger partial charge is 0.303 e. The highest BCUT2D eigenvalue weighted by Gasteiger charge is 2.07. The van der Waals surface area contributed by atoms with E-state index < -0.39 is 11.9 Å². The summed E-state index contributed by atoms with van der Waals surface area (Å²) in [6.45, 7) is 3.59. The fourth-order valence-electron chi connectivity index (χ4n) is 1.19. The second kappa shape index (κ2) is 5.20. The quantitative estimate of drug-likeness (QED) is 0.791. The molecule has 2 N–H and O–H groups in total. The van der Waals surface area contributed by atoms with Gasteiger partial charge in [-0.25, -0.2) is 9.97 Å². The van der Waals surface area contributed by atoms with Gasteiger partial charge in [-0.05, 0) is 19.9 Å². The van der Waals surface area contributed by atoms with Crippen molar-refractivity contribution in [2.24, 2.45) is 0 Å². The molecule has 1 aromatic rings. The average Bonchev–Trinajstić information content (AvgIpc) is 2.12. The fourth-order valence-corrected chi connectivity index (χ4v) is 1.19. The minimum absolute atomic E-state index is 0.0777. The lowest BCUT2D eigenvalue weighted by Gasteiger charge is -2.04. The van der Waals surface area contributed by atoms with E-state index in [9.17, 15) is 9.59 Å². The van der Waals surface area contributed by atoms with Gasteiger partial charge in [0.25, 0.3) is 0 Å². The van der Waals surface area contributed by atoms with Crippen LogP contribution in [0.3, 0.4) is 0 Å². The van der Waals surface area contributed by atoms with Crippen LogP contribution in [0, 0.1) is 13.8 Å². The lowest BCUT2D eigenvalue weighted by molar-refractivity contribution is -0.138. The lowest BCUT2D eigenvalue weighted by Crippen LogP contribution is -2.15. The van der Waals surface area contributed by atoms with E-state index in [1.807, 2.05) is 0 Å². The summed E-state index contributed by atoms with van der Waals surface area (Å²) in [7, 11) is 0. The number of aromatic nitrogens is 2. The van der Waals surface area contributed by atoms with Gasteiger partial charge in [-0.2, -0.15) is 0 Å². The lowest BCUT2D eigenvalue weighted by atomic mass is 10.3. The molecule has 0 bridgehead atoms. The van der Waals surface area contributed by atoms with E-state index >= 15 is 0 Å². The van der Waals surface area contributed by atoms with Crippen LogP contribution >= 0.6 is 0 Å². The molecule has 0 spiro atoms. The molecule has 1 amide bonds. The first-order valence-electron chi connectivity index (χ1n) is 4.81. The van der Waals surface area contributed by atoms with Crippen LogP contribution in [-0.2, 0) is 9.59 Å². The number of carbonyl (C=O) groups is 2. The molecule has 0 saturated carbocycles. The Balaban J connectivity index is 2.59. The third kappa shape index (κ3) is 4.04. The van der Waals surface area contributed by atoms with Gasteiger partial charge in [0, 0.05) is 17.8 Å². The van der Waals surface area contributed by atoms with E-state index in [-0.39, 0.29) is 18.8 Å². The van der Waals surface area contributed by atoms with Crippen LogP contribution in [0.1, 0.15) is 24.2 Å². The van der Waals surface area contributed by atoms with Crippen molar-refractivity contribution in [1.29, 1.82) is 0 Å². The molecule has 16 heavy (non-hydrogen) atoms. The van der Waals surface area contributed by atoms with E-state index in [2.05, 4.69) is 15.3 Å². The Labute approximate surface area is 92.7 Å². The number of amides is 1. The van der Waals surface area contributed by atoms with Crippen LogP contribution < -0.4 is 5.32 Å². The number of hydrogen-bond donors (Lipinski definition) is 2. The molecule has 0 aliphatic carbocycles. The molecule has 1 aromatic heterocycles. The minimum atomic E-state index is -1.00. The van der Waals surface area contributed by atoms with Crippen molar-refractivity contribution < 1.29 is 14.7 Å². The number of carbonyl (C=O) groups excluding carboxylic acids is 1. The number of nitrogens with zero attached hydrogens (tertiary/aromatic N) is 2. The molecule has 0 aliphatic rings. The van der Waals surface area contributed by atoms with Crippen molar-refractivity contribution >= 4 is 17.8 Å². The molecule has 0 fully saturated rings. The maximum atomic E-state index is 11.3. The van der Waals surface area contributed by atoms with Gasteiger partial charge in [0.1, 0.15) is 0 Å². The zero-order chi connectivity index (χ0) is 12.1. The number of carboxylic acids is 1. The minimum Gasteiger partial charge on any atom is -0.481 e. The molecule has 0 unspecified atom stereocenters. The average molecular weight is 223 g/mol. The van der Waals surface area contributed by atoms with Crippen LogP contribution in [-0.4, -0.2) is 27.0 Å². The van der Waals surface area contributed by atoms with Crippen LogP contribution in [0.15, 0.2) is 6.07 Å². The van der Waals surface area contributed by atoms with Crippen molar-refractivity contribution in [1.82, 2.24) is 9.97 Å². The van der Waals surface area contributed by atoms with Gasteiger partial charge in [0.15, 0.2) is 0 Å². The maximum absolute atomic E-state index is 11.3. The molecule has 0 atom stereocenters. The topological polar surface area (TPSA) is 92.2 Å². The third-order valence-electron chi connectivity index (χ3n) is 1.80. The van der Waals surface area contributed by atoms with Gasteiger partial charge in [-0.3, -0.25) is 14.9 Å². The number of nitrogens with one attached hydrogen (secondary N) is 1. The van der Waals surface area contributed by atoms with Crippen LogP contribution in [0.4, 0.5) is 5.95 Å². The van der Waals surface area contributed by atoms with Crippen LogP contribution in [0.25, 0.3) is 0 Å². The van der Waals surface area contributed by atoms with E-state index in [1.165, 1.54) is 0 Å². The van der Waals surface area contributed by atoms with Crippen molar-refractivity contribution in [2.45, 2.75) is 26.7 Å². The SMILES string of the molecule is Cc1cc(C)nc(NC(=O)CCC(=O)O)n1. The zero-order valence-corrected chi connectivity index (χ0v) is 9.15. The normalized spacial score (nSPS) is 9.88. The predicted molar refractivity (Wildman–Crippen MR) is 57.0 cm³/mol. The van der Waals surface area contributed by atoms with Gasteiger partial charge in [0.05, 0.1) is 6.42 Å². The summed E-state index contributed by atoms with van der Waals surface area (Å²) >= 11 is 0. The Hall–Kier alpha value is -1.98. The van der Waals surface area contributed by atoms with Crippen LogP contribution in [0.2, 0.25) is 0 Å². The number of aryl methyl sites for hydroxylation is 2. The van der Waals surface area contributed by atoms with Gasteiger partial charge >= 0.3 is 5.97 Å². The highest BCUT2D eigenvalue weighted by Crippen LogP contribution is 2.04. The van der Waals surface area contributed by atoms with Gasteiger partial charge < -0.3 is 5.11 Å². The summed E-state index contributed by atoms with van der Waals surface area (Å²) < 4.78 is 0. The molecule has 0 saturated heterocycles. The Kier molecular flexibility index (Phi) is 3.93. The molecule has 1 heterocycles. The highest BCUT2D eigenvalue weighted by atomic mass is 16.4. The standard InChI is InChI=1S/C10H13N3O3/c1-6-5-7(2)12-10(11-6)13-8(14)3-4-9(15)16/h5H,3-4H2,1-2H3,(H,15,16)(H,11,12,13,14). The Morgan fingerprint density at radius 1 is 1.25 bits per heavy atom. The van der Waals surface area contributed by atoms with Crippen molar-refractivity contribution in [3.05, 3.63) is 17.5 Å². The maximum Gasteiger partial charge on any atom is 0.303 e. The number of rotatable bonds is 4. The molecule has 6 nitrogen and oxygen atoms in total. The van der Waals surface area contributed by atoms with Gasteiger partial charge in [-0.15, -0.1) is 0 Å². The van der Waals surface area contributed by atoms with E-state index in [0.717, 1.165) is 11.4 Å². The monoisotopic (exact) mass is 223 g/mol. The van der Waals surface area contributed by atoms with Gasteiger partial charge in [0.2, 0.25) is 11.9 Å². The van der Waals surface area contributed by atoms with E-state index in [0.29, 0.717) is 0 Å². The summed E-state index contributed by atoms with van der Waals surface area (Å²) in [6.07, 6.45) is -0.275. The van der Waals surface area contributed by atoms with Crippen molar-refractivity contribution in [3.8, 4) is 0 Å². The fraction of sp³-hybridized carbons (Fsp3) is 0.400. The first-order chi connectivity index (χ1) is 7.47. The summed E-state index contributed by atoms with van der Waals surface area (Å²) in [6, 6.07) is 1.78. The molecule has 6 heteroatoms. The van der Waals surface area contributed by atoms with Gasteiger partial charge in [-0.1, -0.05) is 0 Å². The molecule has 0 radical (unpaired) electrons. The Morgan fingerprint density at radius 2 is 1.81 bits per heavy atom. The van der Waals surface area contributed by atoms with Crippen LogP contribution in [0.5, 0.6) is 0 Å². The summed E-state index contributed by atoms with van der Waals surface area (Å²) in [5.41, 5.74) is 1.50. The molecule has 86 valence electrons. The Bertz CT molecular complexity index is 398. The van der Waals surface area contributed by atoms with Crippen molar-refractivity contribution in [3.63, 3.8) is 0 Å². The summed E-state index contributed by atoms with van der Waals surface area (Å²) in [5.74, 6) is -1.18. The number of hydrogen-bond acceptors (Lipinski definition) is 4. The van der Waals surface area contributed by atoms with E-state index in [4.69, 9.17) is 5.11 Å². The first kappa shape index (κ1) is 12.1. The number of carboxylic acid groups (broad SMARTS) is 1. The second-order valence-corrected chi connectivity index (χ2v) is 3.42. The zero-order valence-electron chi connectivity index (χ0n) is 9.15. The number of anilines is 1.